The third-order valence-electron chi connectivity index (χ3n) is 2.59. The molecule has 4 nitrogen and oxygen atoms in total. The molecule has 0 fully saturated rings. The van der Waals surface area contributed by atoms with E-state index < -0.39 is 0 Å². The normalized spacial score (nSPS) is 10.1. The molecule has 0 radical (unpaired) electrons. The van der Waals surface area contributed by atoms with Gasteiger partial charge in [-0.2, -0.15) is 0 Å². The Hall–Kier alpha value is -0.900. The Morgan fingerprint density at radius 3 is 1.75 bits per heavy atom. The Morgan fingerprint density at radius 2 is 1.31 bits per heavy atom. The molecule has 0 saturated carbocycles. The second-order valence-corrected chi connectivity index (χ2v) is 4.24. The molecule has 16 heavy (non-hydrogen) atoms. The van der Waals surface area contributed by atoms with E-state index in [-0.39, 0.29) is 11.7 Å². The van der Waals surface area contributed by atoms with Gasteiger partial charge in [0.25, 0.3) is 0 Å². The molecule has 0 aliphatic carbocycles. The summed E-state index contributed by atoms with van der Waals surface area (Å²) in [6, 6.07) is 0. The topological polar surface area (TPSA) is 72.2 Å². The number of carbonyl (C=O) groups excluding carboxylic acids is 2. The minimum absolute atomic E-state index is 0.0820. The van der Waals surface area contributed by atoms with Crippen molar-refractivity contribution in [3.05, 3.63) is 0 Å². The molecule has 0 atom stereocenters. The molecule has 94 valence electrons. The van der Waals surface area contributed by atoms with Crippen molar-refractivity contribution in [2.45, 2.75) is 64.7 Å². The van der Waals surface area contributed by atoms with Gasteiger partial charge in [0.1, 0.15) is 5.78 Å². The van der Waals surface area contributed by atoms with E-state index >= 15 is 0 Å². The Balaban J connectivity index is 3.04. The smallest absolute Gasteiger partial charge is 0.233 e. The molecule has 0 aromatic carbocycles. The van der Waals surface area contributed by atoms with Gasteiger partial charge in [-0.3, -0.25) is 10.2 Å². The molecule has 0 spiro atoms. The van der Waals surface area contributed by atoms with Crippen LogP contribution in [0.15, 0.2) is 0 Å². The van der Waals surface area contributed by atoms with Gasteiger partial charge < -0.3 is 4.79 Å². The minimum atomic E-state index is -0.0820. The fourth-order valence-corrected chi connectivity index (χ4v) is 1.62. The van der Waals surface area contributed by atoms with Crippen LogP contribution in [0.4, 0.5) is 0 Å². The van der Waals surface area contributed by atoms with E-state index in [1.54, 1.807) is 6.92 Å². The maximum Gasteiger partial charge on any atom is 0.233 e. The molecule has 0 aliphatic rings. The summed E-state index contributed by atoms with van der Waals surface area (Å²) in [6.07, 6.45) is 8.96. The summed E-state index contributed by atoms with van der Waals surface area (Å²) in [5, 5.41) is 0. The van der Waals surface area contributed by atoms with Crippen LogP contribution >= 0.6 is 0 Å². The highest BCUT2D eigenvalue weighted by atomic mass is 16.2. The molecule has 0 aromatic rings. The van der Waals surface area contributed by atoms with E-state index in [9.17, 15) is 9.59 Å². The van der Waals surface area contributed by atoms with Crippen LogP contribution in [0.5, 0.6) is 0 Å². The zero-order valence-corrected chi connectivity index (χ0v) is 10.3. The highest BCUT2D eigenvalue weighted by molar-refractivity contribution is 5.75. The number of amides is 1. The van der Waals surface area contributed by atoms with Crippen LogP contribution in [0.25, 0.3) is 0 Å². The summed E-state index contributed by atoms with van der Waals surface area (Å²) in [6.45, 7) is 1.64. The monoisotopic (exact) mass is 228 g/mol. The summed E-state index contributed by atoms with van der Waals surface area (Å²) >= 11 is 0. The van der Waals surface area contributed by atoms with Crippen LogP contribution in [-0.2, 0) is 9.59 Å². The number of Topliss-reactive ketones (excluding diaryl/α,β-unsaturated/α-hetero) is 1. The summed E-state index contributed by atoms with van der Waals surface area (Å²) < 4.78 is 0. The molecular formula is C12H24N2O2. The minimum Gasteiger partial charge on any atom is -0.300 e. The zero-order valence-electron chi connectivity index (χ0n) is 10.3. The first-order chi connectivity index (χ1) is 7.66. The van der Waals surface area contributed by atoms with Crippen molar-refractivity contribution in [2.75, 3.05) is 0 Å². The summed E-state index contributed by atoms with van der Waals surface area (Å²) in [5.41, 5.74) is 2.12. The number of hydrogen-bond acceptors (Lipinski definition) is 3. The van der Waals surface area contributed by atoms with Crippen LogP contribution in [0.1, 0.15) is 64.7 Å². The largest absolute Gasteiger partial charge is 0.300 e. The number of nitrogens with two attached hydrogens (primary N) is 1. The predicted octanol–water partition coefficient (Wildman–Crippen LogP) is 2.08. The standard InChI is InChI=1S/C12H24N2O2/c1-11(15)9-7-5-3-2-4-6-8-10-12(16)14-13/h2-10,13H2,1H3,(H,14,16). The summed E-state index contributed by atoms with van der Waals surface area (Å²) in [7, 11) is 0. The molecule has 4 heteroatoms. The zero-order chi connectivity index (χ0) is 12.2. The van der Waals surface area contributed by atoms with Crippen LogP contribution in [0, 0.1) is 0 Å². The molecule has 0 heterocycles. The van der Waals surface area contributed by atoms with Gasteiger partial charge in [-0.1, -0.05) is 32.1 Å². The number of ketones is 1. The molecule has 0 bridgehead atoms. The highest BCUT2D eigenvalue weighted by Crippen LogP contribution is 2.09. The summed E-state index contributed by atoms with van der Waals surface area (Å²) in [5.74, 6) is 5.17. The number of carbonyl (C=O) groups is 2. The van der Waals surface area contributed by atoms with Crippen molar-refractivity contribution >= 4 is 11.7 Å². The van der Waals surface area contributed by atoms with Crippen molar-refractivity contribution in [3.8, 4) is 0 Å². The maximum atomic E-state index is 10.8. The fourth-order valence-electron chi connectivity index (χ4n) is 1.62. The predicted molar refractivity (Wildman–Crippen MR) is 64.6 cm³/mol. The van der Waals surface area contributed by atoms with Crippen molar-refractivity contribution in [1.82, 2.24) is 5.43 Å². The Kier molecular flexibility index (Phi) is 10.0. The van der Waals surface area contributed by atoms with E-state index in [1.165, 1.54) is 12.8 Å². The Bertz CT molecular complexity index is 205. The fraction of sp³-hybridized carbons (Fsp3) is 0.833. The highest BCUT2D eigenvalue weighted by Gasteiger charge is 1.98. The molecular weight excluding hydrogens is 204 g/mol. The van der Waals surface area contributed by atoms with Gasteiger partial charge in [-0.05, 0) is 19.8 Å². The first-order valence-corrected chi connectivity index (χ1v) is 6.15. The Labute approximate surface area is 97.9 Å². The van der Waals surface area contributed by atoms with Gasteiger partial charge in [-0.25, -0.2) is 5.84 Å². The van der Waals surface area contributed by atoms with Crippen LogP contribution in [0.2, 0.25) is 0 Å². The lowest BCUT2D eigenvalue weighted by Gasteiger charge is -2.01. The maximum absolute atomic E-state index is 10.8. The molecule has 3 N–H and O–H groups in total. The van der Waals surface area contributed by atoms with Crippen molar-refractivity contribution < 1.29 is 9.59 Å². The van der Waals surface area contributed by atoms with E-state index in [0.29, 0.717) is 6.42 Å². The number of unbranched alkanes of at least 4 members (excludes halogenated alkanes) is 6. The lowest BCUT2D eigenvalue weighted by Crippen LogP contribution is -2.29. The van der Waals surface area contributed by atoms with E-state index in [1.807, 2.05) is 0 Å². The summed E-state index contributed by atoms with van der Waals surface area (Å²) in [4.78, 5) is 21.4. The van der Waals surface area contributed by atoms with Crippen LogP contribution < -0.4 is 11.3 Å². The van der Waals surface area contributed by atoms with Gasteiger partial charge >= 0.3 is 0 Å². The molecule has 0 saturated heterocycles. The first kappa shape index (κ1) is 15.1. The number of hydrogen-bond donors (Lipinski definition) is 2. The van der Waals surface area contributed by atoms with Crippen molar-refractivity contribution in [3.63, 3.8) is 0 Å². The van der Waals surface area contributed by atoms with Gasteiger partial charge in [-0.15, -0.1) is 0 Å². The average molecular weight is 228 g/mol. The molecule has 0 aromatic heterocycles. The number of rotatable bonds is 10. The third kappa shape index (κ3) is 11.2. The van der Waals surface area contributed by atoms with Crippen LogP contribution in [-0.4, -0.2) is 11.7 Å². The lowest BCUT2D eigenvalue weighted by molar-refractivity contribution is -0.121. The molecule has 0 aliphatic heterocycles. The molecule has 0 unspecified atom stereocenters. The quantitative estimate of drug-likeness (QED) is 0.260. The second-order valence-electron chi connectivity index (χ2n) is 4.24. The Morgan fingerprint density at radius 1 is 0.875 bits per heavy atom. The number of nitrogens with one attached hydrogen (secondary N) is 1. The third-order valence-corrected chi connectivity index (χ3v) is 2.59. The average Bonchev–Trinajstić information content (AvgIpc) is 2.26. The SMILES string of the molecule is CC(=O)CCCCCCCCCC(=O)NN. The molecule has 1 amide bonds. The van der Waals surface area contributed by atoms with Gasteiger partial charge in [0.2, 0.25) is 5.91 Å². The van der Waals surface area contributed by atoms with Gasteiger partial charge in [0.05, 0.1) is 0 Å². The van der Waals surface area contributed by atoms with Gasteiger partial charge in [0, 0.05) is 12.8 Å². The second kappa shape index (κ2) is 10.6. The van der Waals surface area contributed by atoms with E-state index in [4.69, 9.17) is 5.84 Å². The first-order valence-electron chi connectivity index (χ1n) is 6.15. The molecule has 0 rings (SSSR count). The van der Waals surface area contributed by atoms with Gasteiger partial charge in [0.15, 0.2) is 0 Å². The number of hydrazine groups is 1. The van der Waals surface area contributed by atoms with Crippen molar-refractivity contribution in [1.29, 1.82) is 0 Å². The van der Waals surface area contributed by atoms with Crippen molar-refractivity contribution in [2.24, 2.45) is 5.84 Å². The van der Waals surface area contributed by atoms with E-state index in [2.05, 4.69) is 5.43 Å². The lowest BCUT2D eigenvalue weighted by atomic mass is 10.1. The van der Waals surface area contributed by atoms with E-state index in [0.717, 1.165) is 38.5 Å². The van der Waals surface area contributed by atoms with Crippen LogP contribution in [0.3, 0.4) is 0 Å².